The molecule has 0 aliphatic carbocycles. The molecule has 0 aliphatic rings. The summed E-state index contributed by atoms with van der Waals surface area (Å²) < 4.78 is 16.3. The number of nitrogens with zero attached hydrogens (tertiary/aromatic N) is 1. The van der Waals surface area contributed by atoms with Gasteiger partial charge in [-0.05, 0) is 89.9 Å². The number of carbonyl (C=O) groups excluding carboxylic acids is 3. The number of hydrogen-bond donors (Lipinski definition) is 0. The van der Waals surface area contributed by atoms with E-state index in [1.54, 1.807) is 0 Å². The smallest absolute Gasteiger partial charge is 0.306 e. The molecule has 7 heteroatoms. The molecular weight excluding hydrogens is 663 g/mol. The van der Waals surface area contributed by atoms with Gasteiger partial charge in [-0.2, -0.15) is 0 Å². The van der Waals surface area contributed by atoms with Gasteiger partial charge in [0.15, 0.2) is 0 Å². The van der Waals surface area contributed by atoms with Crippen molar-refractivity contribution in [2.45, 2.75) is 212 Å². The summed E-state index contributed by atoms with van der Waals surface area (Å²) in [6, 6.07) is 0. The van der Waals surface area contributed by atoms with Gasteiger partial charge in [-0.15, -0.1) is 0 Å². The van der Waals surface area contributed by atoms with E-state index in [4.69, 9.17) is 4.74 Å². The van der Waals surface area contributed by atoms with Gasteiger partial charge in [0.05, 0.1) is 48.3 Å². The minimum atomic E-state index is -0.0921. The fraction of sp³-hybridized carbons (Fsp3) is 0.848. The van der Waals surface area contributed by atoms with Crippen LogP contribution in [0.5, 0.6) is 0 Å². The first-order chi connectivity index (χ1) is 25.7. The van der Waals surface area contributed by atoms with Crippen molar-refractivity contribution in [3.63, 3.8) is 0 Å². The van der Waals surface area contributed by atoms with E-state index in [2.05, 4.69) is 54.9 Å². The summed E-state index contributed by atoms with van der Waals surface area (Å²) >= 11 is 0. The summed E-state index contributed by atoms with van der Waals surface area (Å²) in [5.41, 5.74) is 0. The van der Waals surface area contributed by atoms with Crippen LogP contribution in [0.15, 0.2) is 24.3 Å². The maximum absolute atomic E-state index is 12.7. The van der Waals surface area contributed by atoms with Gasteiger partial charge in [0, 0.05) is 19.3 Å². The van der Waals surface area contributed by atoms with Gasteiger partial charge in [0.1, 0.15) is 6.10 Å². The molecule has 53 heavy (non-hydrogen) atoms. The Morgan fingerprint density at radius 1 is 0.415 bits per heavy atom. The molecule has 0 rings (SSSR count). The van der Waals surface area contributed by atoms with Gasteiger partial charge < -0.3 is 18.7 Å². The Bertz CT molecular complexity index is 852. The molecule has 0 radical (unpaired) electrons. The van der Waals surface area contributed by atoms with Crippen LogP contribution < -0.4 is 0 Å². The van der Waals surface area contributed by atoms with Crippen LogP contribution in [0.3, 0.4) is 0 Å². The van der Waals surface area contributed by atoms with Crippen molar-refractivity contribution in [2.24, 2.45) is 0 Å². The number of hydrogen-bond acceptors (Lipinski definition) is 6. The van der Waals surface area contributed by atoms with Crippen molar-refractivity contribution in [1.82, 2.24) is 0 Å². The summed E-state index contributed by atoms with van der Waals surface area (Å²) in [7, 11) is 9.44. The zero-order valence-corrected chi connectivity index (χ0v) is 35.6. The lowest BCUT2D eigenvalue weighted by atomic mass is 10.0. The van der Waals surface area contributed by atoms with Gasteiger partial charge in [-0.1, -0.05) is 114 Å². The summed E-state index contributed by atoms with van der Waals surface area (Å²) in [5.74, 6) is -0.188. The Kier molecular flexibility index (Phi) is 36.6. The highest BCUT2D eigenvalue weighted by Gasteiger charge is 2.16. The number of quaternary nitrogens is 1. The van der Waals surface area contributed by atoms with Crippen LogP contribution in [0.1, 0.15) is 205 Å². The third-order valence-corrected chi connectivity index (χ3v) is 10.1. The quantitative estimate of drug-likeness (QED) is 0.0205. The number of unbranched alkanes of at least 4 members (excludes halogenated alkanes) is 22. The molecule has 0 fully saturated rings. The molecule has 7 nitrogen and oxygen atoms in total. The largest absolute Gasteiger partial charge is 0.469 e. The van der Waals surface area contributed by atoms with E-state index in [9.17, 15) is 14.4 Å². The van der Waals surface area contributed by atoms with Crippen molar-refractivity contribution in [3.05, 3.63) is 24.3 Å². The molecule has 0 heterocycles. The molecule has 0 N–H and O–H groups in total. The van der Waals surface area contributed by atoms with Crippen LogP contribution in [0.25, 0.3) is 0 Å². The number of esters is 3. The fourth-order valence-corrected chi connectivity index (χ4v) is 6.69. The molecule has 0 spiro atoms. The Morgan fingerprint density at radius 3 is 1.06 bits per heavy atom. The summed E-state index contributed by atoms with van der Waals surface area (Å²) in [5, 5.41) is 0. The van der Waals surface area contributed by atoms with E-state index in [1.165, 1.54) is 143 Å². The second-order valence-electron chi connectivity index (χ2n) is 16.3. The van der Waals surface area contributed by atoms with E-state index in [-0.39, 0.29) is 24.0 Å². The Morgan fingerprint density at radius 2 is 0.717 bits per heavy atom. The fourth-order valence-electron chi connectivity index (χ4n) is 6.69. The van der Waals surface area contributed by atoms with Crippen molar-refractivity contribution < 1.29 is 33.1 Å². The second-order valence-corrected chi connectivity index (χ2v) is 16.3. The lowest BCUT2D eigenvalue weighted by molar-refractivity contribution is -0.870. The molecule has 0 aromatic rings. The van der Waals surface area contributed by atoms with Crippen LogP contribution >= 0.6 is 0 Å². The molecule has 310 valence electrons. The van der Waals surface area contributed by atoms with Crippen LogP contribution in [-0.4, -0.2) is 70.4 Å². The monoisotopic (exact) mass is 749 g/mol. The summed E-state index contributed by atoms with van der Waals surface area (Å²) in [6.45, 7) is 0.993. The second kappa shape index (κ2) is 38.1. The van der Waals surface area contributed by atoms with E-state index in [1.807, 2.05) is 0 Å². The van der Waals surface area contributed by atoms with Crippen LogP contribution in [0.4, 0.5) is 0 Å². The molecule has 0 atom stereocenters. The number of carbonyl (C=O) groups is 3. The molecule has 0 aliphatic heterocycles. The molecule has 0 aromatic carbocycles. The highest BCUT2D eigenvalue weighted by molar-refractivity contribution is 5.69. The van der Waals surface area contributed by atoms with Crippen molar-refractivity contribution >= 4 is 17.9 Å². The molecule has 0 aromatic heterocycles. The zero-order valence-electron chi connectivity index (χ0n) is 35.6. The minimum Gasteiger partial charge on any atom is -0.469 e. The predicted molar refractivity (Wildman–Crippen MR) is 223 cm³/mol. The predicted octanol–water partition coefficient (Wildman–Crippen LogP) is 12.5. The third-order valence-electron chi connectivity index (χ3n) is 10.1. The van der Waals surface area contributed by atoms with Crippen LogP contribution in [0.2, 0.25) is 0 Å². The highest BCUT2D eigenvalue weighted by Crippen LogP contribution is 2.19. The van der Waals surface area contributed by atoms with E-state index < -0.39 is 0 Å². The summed E-state index contributed by atoms with van der Waals surface area (Å²) in [6.07, 6.45) is 45.3. The molecule has 0 saturated heterocycles. The SMILES string of the molecule is COC(=O)CCCCCCC/C=C\CCCCCCCCC(CCCCCCCC/C=C\CCCCCCCC(=O)OC)OC(=O)CCC[N+](C)(C)C. The summed E-state index contributed by atoms with van der Waals surface area (Å²) in [4.78, 5) is 34.9. The lowest BCUT2D eigenvalue weighted by Crippen LogP contribution is -2.35. The van der Waals surface area contributed by atoms with Crippen molar-refractivity contribution in [2.75, 3.05) is 41.9 Å². The van der Waals surface area contributed by atoms with E-state index in [0.717, 1.165) is 68.8 Å². The van der Waals surface area contributed by atoms with Crippen LogP contribution in [0, 0.1) is 0 Å². The average Bonchev–Trinajstić information content (AvgIpc) is 3.13. The maximum atomic E-state index is 12.7. The molecule has 0 amide bonds. The normalized spacial score (nSPS) is 12.0. The maximum Gasteiger partial charge on any atom is 0.306 e. The Labute approximate surface area is 328 Å². The van der Waals surface area contributed by atoms with Gasteiger partial charge in [-0.3, -0.25) is 14.4 Å². The van der Waals surface area contributed by atoms with E-state index >= 15 is 0 Å². The molecule has 0 saturated carbocycles. The van der Waals surface area contributed by atoms with Gasteiger partial charge in [0.2, 0.25) is 0 Å². The van der Waals surface area contributed by atoms with Crippen LogP contribution in [-0.2, 0) is 28.6 Å². The molecule has 0 unspecified atom stereocenters. The minimum absolute atomic E-state index is 0.00386. The lowest BCUT2D eigenvalue weighted by Gasteiger charge is -2.24. The third kappa shape index (κ3) is 40.9. The van der Waals surface area contributed by atoms with Crippen molar-refractivity contribution in [1.29, 1.82) is 0 Å². The standard InChI is InChI=1S/C46H86NO6/c1-47(2,3)42-36-41-46(50)53-43(37-32-28-24-20-16-12-8-6-10-14-18-22-26-30-34-39-44(48)51-4)38-33-29-25-21-17-13-9-7-11-15-19-23-27-31-35-40-45(49)52-5/h6-7,10-11,43H,8-9,12-42H2,1-5H3/q+1/b10-6-,11-7-. The van der Waals surface area contributed by atoms with Gasteiger partial charge >= 0.3 is 17.9 Å². The number of methoxy groups -OCH3 is 2. The van der Waals surface area contributed by atoms with Gasteiger partial charge in [0.25, 0.3) is 0 Å². The van der Waals surface area contributed by atoms with Crippen molar-refractivity contribution in [3.8, 4) is 0 Å². The first-order valence-electron chi connectivity index (χ1n) is 22.1. The average molecular weight is 749 g/mol. The Balaban J connectivity index is 4.00. The first kappa shape index (κ1) is 50.9. The first-order valence-corrected chi connectivity index (χ1v) is 22.1. The Hall–Kier alpha value is -2.15. The molecule has 0 bridgehead atoms. The highest BCUT2D eigenvalue weighted by atomic mass is 16.5. The number of ether oxygens (including phenoxy) is 3. The van der Waals surface area contributed by atoms with E-state index in [0.29, 0.717) is 19.3 Å². The van der Waals surface area contributed by atoms with Gasteiger partial charge in [-0.25, -0.2) is 0 Å². The zero-order chi connectivity index (χ0) is 39.1. The number of allylic oxidation sites excluding steroid dienone is 4. The number of rotatable bonds is 39. The topological polar surface area (TPSA) is 78.9 Å². The molecular formula is C46H86NO6+.